The molecular weight excluding hydrogens is 384 g/mol. The monoisotopic (exact) mass is 404 g/mol. The summed E-state index contributed by atoms with van der Waals surface area (Å²) in [5, 5.41) is 0. The highest BCUT2D eigenvalue weighted by atomic mass is 16.6. The molecule has 0 N–H and O–H groups in total. The molecule has 0 spiro atoms. The summed E-state index contributed by atoms with van der Waals surface area (Å²) in [6.07, 6.45) is 2.87. The summed E-state index contributed by atoms with van der Waals surface area (Å²) in [5.74, 6) is 1.62. The van der Waals surface area contributed by atoms with Crippen molar-refractivity contribution in [2.75, 3.05) is 20.2 Å². The minimum absolute atomic E-state index is 0.233. The summed E-state index contributed by atoms with van der Waals surface area (Å²) in [6, 6.07) is 15.3. The van der Waals surface area contributed by atoms with Gasteiger partial charge in [-0.05, 0) is 24.3 Å². The van der Waals surface area contributed by atoms with Gasteiger partial charge in [-0.25, -0.2) is 9.97 Å². The second kappa shape index (κ2) is 7.55. The molecule has 1 aliphatic rings. The summed E-state index contributed by atoms with van der Waals surface area (Å²) in [7, 11) is 1.71. The van der Waals surface area contributed by atoms with E-state index in [4.69, 9.17) is 13.9 Å². The maximum atomic E-state index is 12.8. The quantitative estimate of drug-likeness (QED) is 0.509. The molecule has 0 saturated heterocycles. The van der Waals surface area contributed by atoms with Crippen LogP contribution in [0.2, 0.25) is 0 Å². The molecule has 0 unspecified atom stereocenters. The molecule has 8 nitrogen and oxygen atoms in total. The van der Waals surface area contributed by atoms with Crippen molar-refractivity contribution >= 4 is 16.9 Å². The number of rotatable bonds is 5. The Kier molecular flexibility index (Phi) is 4.59. The minimum atomic E-state index is -0.252. The van der Waals surface area contributed by atoms with Crippen LogP contribution in [0.15, 0.2) is 65.5 Å². The van der Waals surface area contributed by atoms with Gasteiger partial charge in [0.25, 0.3) is 5.91 Å². The fraction of sp³-hybridized carbons (Fsp3) is 0.227. The number of benzene rings is 2. The molecule has 1 amide bonds. The first-order chi connectivity index (χ1) is 14.7. The molecule has 2 aromatic carbocycles. The van der Waals surface area contributed by atoms with E-state index < -0.39 is 0 Å². The van der Waals surface area contributed by atoms with Gasteiger partial charge in [-0.3, -0.25) is 4.79 Å². The number of para-hydroxylation sites is 4. The highest BCUT2D eigenvalue weighted by Crippen LogP contribution is 2.31. The van der Waals surface area contributed by atoms with Crippen molar-refractivity contribution in [1.29, 1.82) is 0 Å². The molecule has 5 rings (SSSR count). The van der Waals surface area contributed by atoms with Crippen molar-refractivity contribution < 1.29 is 18.7 Å². The number of carbonyl (C=O) groups is 1. The molecule has 4 aromatic rings. The van der Waals surface area contributed by atoms with Crippen LogP contribution in [-0.4, -0.2) is 51.6 Å². The third kappa shape index (κ3) is 3.47. The number of hydrogen-bond acceptors (Lipinski definition) is 6. The van der Waals surface area contributed by atoms with Crippen LogP contribution < -0.4 is 9.47 Å². The van der Waals surface area contributed by atoms with Gasteiger partial charge in [0.1, 0.15) is 19.4 Å². The van der Waals surface area contributed by atoms with Gasteiger partial charge in [-0.15, -0.1) is 0 Å². The van der Waals surface area contributed by atoms with Crippen LogP contribution in [0.3, 0.4) is 0 Å². The molecule has 1 aliphatic heterocycles. The third-order valence-electron chi connectivity index (χ3n) is 5.00. The van der Waals surface area contributed by atoms with E-state index in [1.54, 1.807) is 18.3 Å². The van der Waals surface area contributed by atoms with E-state index in [1.807, 2.05) is 53.1 Å². The second-order valence-electron chi connectivity index (χ2n) is 7.17. The van der Waals surface area contributed by atoms with Crippen LogP contribution in [0.5, 0.6) is 11.5 Å². The average Bonchev–Trinajstić information content (AvgIpc) is 3.41. The lowest BCUT2D eigenvalue weighted by atomic mass is 10.2. The smallest absolute Gasteiger partial charge is 0.275 e. The molecule has 0 fully saturated rings. The van der Waals surface area contributed by atoms with Crippen LogP contribution in [0.1, 0.15) is 16.4 Å². The molecule has 1 atom stereocenters. The lowest BCUT2D eigenvalue weighted by Crippen LogP contribution is -2.41. The van der Waals surface area contributed by atoms with Gasteiger partial charge in [0.2, 0.25) is 5.89 Å². The first-order valence-electron chi connectivity index (χ1n) is 9.65. The summed E-state index contributed by atoms with van der Waals surface area (Å²) in [4.78, 5) is 23.1. The largest absolute Gasteiger partial charge is 0.486 e. The Morgan fingerprint density at radius 2 is 1.97 bits per heavy atom. The zero-order chi connectivity index (χ0) is 20.5. The SMILES string of the molecule is CN(C[C@@H]1COc2ccccc2O1)C(=O)c1coc(Cn2cnc3ccccc32)n1. The number of ether oxygens (including phenoxy) is 2. The Bertz CT molecular complexity index is 1200. The maximum absolute atomic E-state index is 12.8. The fourth-order valence-corrected chi connectivity index (χ4v) is 3.50. The van der Waals surface area contributed by atoms with Crippen molar-refractivity contribution in [2.24, 2.45) is 0 Å². The highest BCUT2D eigenvalue weighted by molar-refractivity contribution is 5.91. The zero-order valence-electron chi connectivity index (χ0n) is 16.4. The number of hydrogen-bond donors (Lipinski definition) is 0. The third-order valence-corrected chi connectivity index (χ3v) is 5.00. The maximum Gasteiger partial charge on any atom is 0.275 e. The van der Waals surface area contributed by atoms with Gasteiger partial charge < -0.3 is 23.4 Å². The molecule has 0 saturated carbocycles. The summed E-state index contributed by atoms with van der Waals surface area (Å²) in [5.41, 5.74) is 2.14. The van der Waals surface area contributed by atoms with Crippen LogP contribution in [0.25, 0.3) is 11.0 Å². The normalized spacial score (nSPS) is 15.3. The molecule has 0 bridgehead atoms. The van der Waals surface area contributed by atoms with Crippen molar-refractivity contribution in [3.8, 4) is 11.5 Å². The van der Waals surface area contributed by atoms with Crippen molar-refractivity contribution in [1.82, 2.24) is 19.4 Å². The van der Waals surface area contributed by atoms with E-state index in [-0.39, 0.29) is 17.7 Å². The summed E-state index contributed by atoms with van der Waals surface area (Å²) >= 11 is 0. The van der Waals surface area contributed by atoms with E-state index in [1.165, 1.54) is 6.26 Å². The van der Waals surface area contributed by atoms with Gasteiger partial charge in [0, 0.05) is 7.05 Å². The first kappa shape index (κ1) is 18.2. The number of likely N-dealkylation sites (N-methyl/N-ethyl adjacent to an activating group) is 1. The van der Waals surface area contributed by atoms with Crippen molar-refractivity contribution in [3.63, 3.8) is 0 Å². The van der Waals surface area contributed by atoms with Crippen LogP contribution in [0.4, 0.5) is 0 Å². The average molecular weight is 404 g/mol. The van der Waals surface area contributed by atoms with Gasteiger partial charge in [-0.1, -0.05) is 24.3 Å². The number of carbonyl (C=O) groups excluding carboxylic acids is 1. The number of oxazole rings is 1. The lowest BCUT2D eigenvalue weighted by Gasteiger charge is -2.29. The number of imidazole rings is 1. The lowest BCUT2D eigenvalue weighted by molar-refractivity contribution is 0.0517. The second-order valence-corrected chi connectivity index (χ2v) is 7.17. The Morgan fingerprint density at radius 3 is 2.87 bits per heavy atom. The Hall–Kier alpha value is -3.81. The van der Waals surface area contributed by atoms with Gasteiger partial charge >= 0.3 is 0 Å². The number of aromatic nitrogens is 3. The van der Waals surface area contributed by atoms with Crippen molar-refractivity contribution in [2.45, 2.75) is 12.6 Å². The van der Waals surface area contributed by atoms with Gasteiger partial charge in [-0.2, -0.15) is 0 Å². The molecule has 30 heavy (non-hydrogen) atoms. The van der Waals surface area contributed by atoms with Crippen LogP contribution in [-0.2, 0) is 6.54 Å². The molecule has 0 radical (unpaired) electrons. The first-order valence-corrected chi connectivity index (χ1v) is 9.65. The summed E-state index contributed by atoms with van der Waals surface area (Å²) in [6.45, 7) is 1.15. The van der Waals surface area contributed by atoms with E-state index in [0.717, 1.165) is 16.8 Å². The Balaban J connectivity index is 1.24. The Labute approximate surface area is 172 Å². The van der Waals surface area contributed by atoms with E-state index in [9.17, 15) is 4.79 Å². The molecule has 152 valence electrons. The number of amides is 1. The number of nitrogens with zero attached hydrogens (tertiary/aromatic N) is 4. The topological polar surface area (TPSA) is 82.6 Å². The van der Waals surface area contributed by atoms with Crippen LogP contribution in [0, 0.1) is 0 Å². The molecule has 2 aromatic heterocycles. The Morgan fingerprint density at radius 1 is 1.17 bits per heavy atom. The van der Waals surface area contributed by atoms with Crippen LogP contribution >= 0.6 is 0 Å². The molecule has 8 heteroatoms. The zero-order valence-corrected chi connectivity index (χ0v) is 16.4. The van der Waals surface area contributed by atoms with E-state index in [0.29, 0.717) is 31.3 Å². The fourth-order valence-electron chi connectivity index (χ4n) is 3.50. The highest BCUT2D eigenvalue weighted by Gasteiger charge is 2.25. The molecule has 0 aliphatic carbocycles. The molecular formula is C22H20N4O4. The van der Waals surface area contributed by atoms with E-state index >= 15 is 0 Å². The predicted molar refractivity (Wildman–Crippen MR) is 109 cm³/mol. The summed E-state index contributed by atoms with van der Waals surface area (Å²) < 4.78 is 19.1. The van der Waals surface area contributed by atoms with E-state index in [2.05, 4.69) is 9.97 Å². The molecule has 3 heterocycles. The van der Waals surface area contributed by atoms with Crippen molar-refractivity contribution in [3.05, 3.63) is 72.7 Å². The predicted octanol–water partition coefficient (Wildman–Crippen LogP) is 2.98. The minimum Gasteiger partial charge on any atom is -0.486 e. The standard InChI is InChI=1S/C22H20N4O4/c1-25(10-15-12-28-19-8-4-5-9-20(19)30-15)22(27)17-13-29-21(24-17)11-26-14-23-16-6-2-3-7-18(16)26/h2-9,13-15H,10-12H2,1H3/t15-/m1/s1. The number of fused-ring (bicyclic) bond motifs is 2. The van der Waals surface area contributed by atoms with Gasteiger partial charge in [0.05, 0.1) is 23.9 Å². The van der Waals surface area contributed by atoms with Gasteiger partial charge in [0.15, 0.2) is 23.3 Å².